The second-order valence-corrected chi connectivity index (χ2v) is 4.42. The highest BCUT2D eigenvalue weighted by Gasteiger charge is 2.20. The first-order valence-corrected chi connectivity index (χ1v) is 5.96. The van der Waals surface area contributed by atoms with Crippen molar-refractivity contribution in [1.29, 1.82) is 0 Å². The van der Waals surface area contributed by atoms with Crippen molar-refractivity contribution in [2.24, 2.45) is 0 Å². The van der Waals surface area contributed by atoms with Crippen molar-refractivity contribution in [3.8, 4) is 0 Å². The fourth-order valence-corrected chi connectivity index (χ4v) is 1.95. The summed E-state index contributed by atoms with van der Waals surface area (Å²) in [5, 5.41) is 4.04. The zero-order valence-electron chi connectivity index (χ0n) is 9.73. The molecule has 1 aliphatic rings. The summed E-state index contributed by atoms with van der Waals surface area (Å²) >= 11 is 5.33. The maximum Gasteiger partial charge on any atom is 0.175 e. The van der Waals surface area contributed by atoms with E-state index in [9.17, 15) is 0 Å². The highest BCUT2D eigenvalue weighted by Crippen LogP contribution is 2.17. The number of rotatable bonds is 2. The summed E-state index contributed by atoms with van der Waals surface area (Å²) in [6.07, 6.45) is 0. The quantitative estimate of drug-likeness (QED) is 0.789. The lowest BCUT2D eigenvalue weighted by molar-refractivity contribution is 0.275. The summed E-state index contributed by atoms with van der Waals surface area (Å²) in [7, 11) is 0. The van der Waals surface area contributed by atoms with Crippen LogP contribution in [0.3, 0.4) is 0 Å². The molecule has 1 aromatic carbocycles. The fraction of sp³-hybridized carbons (Fsp3) is 0.417. The SMILES string of the molecule is CCN1CNC(=S)N(c2ccc(C)cc2)C1. The minimum Gasteiger partial charge on any atom is -0.349 e. The molecule has 0 amide bonds. The largest absolute Gasteiger partial charge is 0.349 e. The van der Waals surface area contributed by atoms with Gasteiger partial charge in [-0.05, 0) is 37.8 Å². The second kappa shape index (κ2) is 4.80. The van der Waals surface area contributed by atoms with E-state index >= 15 is 0 Å². The summed E-state index contributed by atoms with van der Waals surface area (Å²) in [4.78, 5) is 4.43. The van der Waals surface area contributed by atoms with Crippen molar-refractivity contribution in [2.75, 3.05) is 24.8 Å². The Balaban J connectivity index is 2.17. The molecule has 86 valence electrons. The Morgan fingerprint density at radius 3 is 2.62 bits per heavy atom. The molecule has 16 heavy (non-hydrogen) atoms. The lowest BCUT2D eigenvalue weighted by Crippen LogP contribution is -2.56. The van der Waals surface area contributed by atoms with Crippen molar-refractivity contribution >= 4 is 23.0 Å². The normalized spacial score (nSPS) is 17.4. The summed E-state index contributed by atoms with van der Waals surface area (Å²) in [6, 6.07) is 8.45. The second-order valence-electron chi connectivity index (χ2n) is 4.03. The Hall–Kier alpha value is -1.13. The molecule has 1 heterocycles. The Kier molecular flexibility index (Phi) is 3.41. The minimum atomic E-state index is 0.813. The summed E-state index contributed by atoms with van der Waals surface area (Å²) in [5.74, 6) is 0. The molecule has 1 fully saturated rings. The van der Waals surface area contributed by atoms with Gasteiger partial charge in [-0.3, -0.25) is 4.90 Å². The molecular weight excluding hydrogens is 218 g/mol. The summed E-state index contributed by atoms with van der Waals surface area (Å²) in [6.45, 7) is 6.99. The molecule has 1 N–H and O–H groups in total. The summed E-state index contributed by atoms with van der Waals surface area (Å²) < 4.78 is 0. The van der Waals surface area contributed by atoms with Crippen LogP contribution >= 0.6 is 12.2 Å². The first-order valence-electron chi connectivity index (χ1n) is 5.55. The van der Waals surface area contributed by atoms with E-state index in [1.165, 1.54) is 5.56 Å². The molecule has 0 aliphatic carbocycles. The van der Waals surface area contributed by atoms with E-state index < -0.39 is 0 Å². The molecule has 0 bridgehead atoms. The van der Waals surface area contributed by atoms with Crippen molar-refractivity contribution < 1.29 is 0 Å². The number of aryl methyl sites for hydroxylation is 1. The van der Waals surface area contributed by atoms with E-state index in [2.05, 4.69) is 53.2 Å². The Bertz CT molecular complexity index is 374. The van der Waals surface area contributed by atoms with E-state index in [0.29, 0.717) is 0 Å². The molecule has 1 aromatic rings. The van der Waals surface area contributed by atoms with Crippen LogP contribution in [0.2, 0.25) is 0 Å². The molecule has 0 radical (unpaired) electrons. The smallest absolute Gasteiger partial charge is 0.175 e. The molecule has 0 saturated carbocycles. The predicted octanol–water partition coefficient (Wildman–Crippen LogP) is 1.93. The lowest BCUT2D eigenvalue weighted by atomic mass is 10.2. The first-order chi connectivity index (χ1) is 7.70. The topological polar surface area (TPSA) is 18.5 Å². The van der Waals surface area contributed by atoms with Gasteiger partial charge in [-0.2, -0.15) is 0 Å². The zero-order valence-corrected chi connectivity index (χ0v) is 10.5. The van der Waals surface area contributed by atoms with Gasteiger partial charge in [-0.1, -0.05) is 24.6 Å². The molecule has 4 heteroatoms. The predicted molar refractivity (Wildman–Crippen MR) is 71.5 cm³/mol. The van der Waals surface area contributed by atoms with Gasteiger partial charge in [-0.15, -0.1) is 0 Å². The van der Waals surface area contributed by atoms with Gasteiger partial charge in [0, 0.05) is 5.69 Å². The van der Waals surface area contributed by atoms with Gasteiger partial charge in [0.1, 0.15) is 0 Å². The third-order valence-corrected chi connectivity index (χ3v) is 3.20. The third kappa shape index (κ3) is 2.33. The Labute approximate surface area is 102 Å². The van der Waals surface area contributed by atoms with Crippen molar-refractivity contribution in [3.63, 3.8) is 0 Å². The zero-order chi connectivity index (χ0) is 11.5. The average molecular weight is 235 g/mol. The monoisotopic (exact) mass is 235 g/mol. The molecule has 1 aliphatic heterocycles. The maximum atomic E-state index is 5.33. The van der Waals surface area contributed by atoms with Gasteiger partial charge < -0.3 is 10.2 Å². The van der Waals surface area contributed by atoms with Crippen LogP contribution < -0.4 is 10.2 Å². The van der Waals surface area contributed by atoms with Gasteiger partial charge in [-0.25, -0.2) is 0 Å². The van der Waals surface area contributed by atoms with Gasteiger partial charge in [0.25, 0.3) is 0 Å². The van der Waals surface area contributed by atoms with Crippen LogP contribution in [0.5, 0.6) is 0 Å². The van der Waals surface area contributed by atoms with E-state index in [-0.39, 0.29) is 0 Å². The number of thiocarbonyl (C=S) groups is 1. The van der Waals surface area contributed by atoms with Crippen molar-refractivity contribution in [2.45, 2.75) is 13.8 Å². The number of nitrogens with zero attached hydrogens (tertiary/aromatic N) is 2. The highest BCUT2D eigenvalue weighted by molar-refractivity contribution is 7.80. The van der Waals surface area contributed by atoms with E-state index in [0.717, 1.165) is 30.7 Å². The lowest BCUT2D eigenvalue weighted by Gasteiger charge is -2.37. The number of hydrogen-bond donors (Lipinski definition) is 1. The summed E-state index contributed by atoms with van der Waals surface area (Å²) in [5.41, 5.74) is 2.42. The standard InChI is InChI=1S/C12H17N3S/c1-3-14-8-13-12(16)15(9-14)11-6-4-10(2)5-7-11/h4-7H,3,8-9H2,1-2H3,(H,13,16). The van der Waals surface area contributed by atoms with Crippen molar-refractivity contribution in [1.82, 2.24) is 10.2 Å². The van der Waals surface area contributed by atoms with Crippen LogP contribution in [0.1, 0.15) is 12.5 Å². The Morgan fingerprint density at radius 2 is 2.00 bits per heavy atom. The molecule has 0 atom stereocenters. The van der Waals surface area contributed by atoms with Crippen molar-refractivity contribution in [3.05, 3.63) is 29.8 Å². The molecule has 0 aromatic heterocycles. The van der Waals surface area contributed by atoms with Crippen LogP contribution in [-0.4, -0.2) is 29.9 Å². The van der Waals surface area contributed by atoms with Gasteiger partial charge >= 0.3 is 0 Å². The molecule has 0 spiro atoms. The van der Waals surface area contributed by atoms with Gasteiger partial charge in [0.2, 0.25) is 0 Å². The first kappa shape index (κ1) is 11.4. The van der Waals surface area contributed by atoms with Crippen LogP contribution in [0.15, 0.2) is 24.3 Å². The van der Waals surface area contributed by atoms with Crippen LogP contribution in [0, 0.1) is 6.92 Å². The number of benzene rings is 1. The van der Waals surface area contributed by atoms with Crippen LogP contribution in [0.4, 0.5) is 5.69 Å². The van der Waals surface area contributed by atoms with E-state index in [4.69, 9.17) is 12.2 Å². The maximum absolute atomic E-state index is 5.33. The highest BCUT2D eigenvalue weighted by atomic mass is 32.1. The fourth-order valence-electron chi connectivity index (χ4n) is 1.72. The molecule has 3 nitrogen and oxygen atoms in total. The van der Waals surface area contributed by atoms with Crippen LogP contribution in [-0.2, 0) is 0 Å². The van der Waals surface area contributed by atoms with E-state index in [1.54, 1.807) is 0 Å². The molecule has 0 unspecified atom stereocenters. The number of nitrogens with one attached hydrogen (secondary N) is 1. The van der Waals surface area contributed by atoms with Gasteiger partial charge in [0.15, 0.2) is 5.11 Å². The van der Waals surface area contributed by atoms with Gasteiger partial charge in [0.05, 0.1) is 13.3 Å². The van der Waals surface area contributed by atoms with E-state index in [1.807, 2.05) is 0 Å². The molecule has 1 saturated heterocycles. The third-order valence-electron chi connectivity index (χ3n) is 2.83. The minimum absolute atomic E-state index is 0.813. The Morgan fingerprint density at radius 1 is 1.31 bits per heavy atom. The average Bonchev–Trinajstić information content (AvgIpc) is 2.31. The molecular formula is C12H17N3S. The number of hydrogen-bond acceptors (Lipinski definition) is 2. The van der Waals surface area contributed by atoms with Crippen LogP contribution in [0.25, 0.3) is 0 Å². The molecule has 2 rings (SSSR count). The number of anilines is 1.